The number of nitrogens with one attached hydrogen (secondary N) is 1. The average molecular weight is 216 g/mol. The molecule has 0 spiro atoms. The monoisotopic (exact) mass is 216 g/mol. The van der Waals surface area contributed by atoms with Crippen molar-refractivity contribution in [3.63, 3.8) is 0 Å². The first-order valence-electron chi connectivity index (χ1n) is 6.01. The van der Waals surface area contributed by atoms with E-state index < -0.39 is 0 Å². The number of allylic oxidation sites excluding steroid dienone is 1. The van der Waals surface area contributed by atoms with Crippen LogP contribution in [0.25, 0.3) is 0 Å². The topological polar surface area (TPSA) is 38.0 Å². The van der Waals surface area contributed by atoms with E-state index in [4.69, 9.17) is 5.73 Å². The van der Waals surface area contributed by atoms with Gasteiger partial charge in [0.25, 0.3) is 0 Å². The largest absolute Gasteiger partial charge is 0.362 e. The molecule has 1 aliphatic rings. The van der Waals surface area contributed by atoms with E-state index in [-0.39, 0.29) is 0 Å². The minimum atomic E-state index is 0.383. The fourth-order valence-electron chi connectivity index (χ4n) is 2.15. The Kier molecular flexibility index (Phi) is 3.62. The van der Waals surface area contributed by atoms with Crippen LogP contribution in [0.2, 0.25) is 0 Å². The lowest BCUT2D eigenvalue weighted by Gasteiger charge is -2.27. The molecule has 2 nitrogen and oxygen atoms in total. The van der Waals surface area contributed by atoms with Gasteiger partial charge in [-0.25, -0.2) is 0 Å². The Balaban J connectivity index is 1.93. The summed E-state index contributed by atoms with van der Waals surface area (Å²) in [6, 6.07) is 10.7. The van der Waals surface area contributed by atoms with E-state index in [9.17, 15) is 0 Å². The molecule has 0 amide bonds. The van der Waals surface area contributed by atoms with Crippen molar-refractivity contribution in [1.29, 1.82) is 0 Å². The quantitative estimate of drug-likeness (QED) is 0.797. The maximum Gasteiger partial charge on any atom is 0.0379 e. The Hall–Kier alpha value is -1.28. The SMILES string of the molecule is CC1CC(=CNc2ccccc2)CCC1N. The van der Waals surface area contributed by atoms with Gasteiger partial charge < -0.3 is 11.1 Å². The number of hydrogen-bond donors (Lipinski definition) is 2. The minimum Gasteiger partial charge on any atom is -0.362 e. The molecule has 1 aromatic rings. The fourth-order valence-corrected chi connectivity index (χ4v) is 2.15. The van der Waals surface area contributed by atoms with Crippen molar-refractivity contribution >= 4 is 5.69 Å². The maximum absolute atomic E-state index is 6.00. The summed E-state index contributed by atoms with van der Waals surface area (Å²) in [7, 11) is 0. The summed E-state index contributed by atoms with van der Waals surface area (Å²) in [6.45, 7) is 2.24. The Morgan fingerprint density at radius 3 is 2.75 bits per heavy atom. The van der Waals surface area contributed by atoms with Crippen molar-refractivity contribution in [2.45, 2.75) is 32.2 Å². The third-order valence-electron chi connectivity index (χ3n) is 3.33. The first-order chi connectivity index (χ1) is 7.75. The first kappa shape index (κ1) is 11.2. The third kappa shape index (κ3) is 2.86. The number of nitrogens with two attached hydrogens (primary N) is 1. The molecule has 86 valence electrons. The lowest BCUT2D eigenvalue weighted by atomic mass is 9.83. The van der Waals surface area contributed by atoms with Gasteiger partial charge in [0.05, 0.1) is 0 Å². The van der Waals surface area contributed by atoms with E-state index in [0.717, 1.165) is 24.9 Å². The molecule has 0 heterocycles. The van der Waals surface area contributed by atoms with E-state index in [0.29, 0.717) is 12.0 Å². The molecule has 16 heavy (non-hydrogen) atoms. The van der Waals surface area contributed by atoms with Crippen molar-refractivity contribution in [3.05, 3.63) is 42.1 Å². The van der Waals surface area contributed by atoms with E-state index in [2.05, 4.69) is 30.6 Å². The molecule has 2 heteroatoms. The summed E-state index contributed by atoms with van der Waals surface area (Å²) in [5.41, 5.74) is 8.63. The highest BCUT2D eigenvalue weighted by molar-refractivity contribution is 5.45. The van der Waals surface area contributed by atoms with Gasteiger partial charge in [0.15, 0.2) is 0 Å². The zero-order valence-corrected chi connectivity index (χ0v) is 9.82. The van der Waals surface area contributed by atoms with Crippen molar-refractivity contribution < 1.29 is 0 Å². The molecule has 0 radical (unpaired) electrons. The Morgan fingerprint density at radius 2 is 2.06 bits per heavy atom. The van der Waals surface area contributed by atoms with Crippen LogP contribution in [0.15, 0.2) is 42.1 Å². The second-order valence-electron chi connectivity index (χ2n) is 4.70. The highest BCUT2D eigenvalue weighted by Crippen LogP contribution is 2.27. The van der Waals surface area contributed by atoms with Gasteiger partial charge in [0, 0.05) is 17.9 Å². The Morgan fingerprint density at radius 1 is 1.31 bits per heavy atom. The van der Waals surface area contributed by atoms with Crippen LogP contribution in [0, 0.1) is 5.92 Å². The number of anilines is 1. The van der Waals surface area contributed by atoms with Crippen LogP contribution in [0.3, 0.4) is 0 Å². The van der Waals surface area contributed by atoms with E-state index in [1.54, 1.807) is 0 Å². The molecule has 1 aromatic carbocycles. The predicted molar refractivity (Wildman–Crippen MR) is 69.1 cm³/mol. The lowest BCUT2D eigenvalue weighted by Crippen LogP contribution is -2.31. The van der Waals surface area contributed by atoms with E-state index in [1.807, 2.05) is 18.2 Å². The fraction of sp³-hybridized carbons (Fsp3) is 0.429. The van der Waals surface area contributed by atoms with E-state index in [1.165, 1.54) is 5.57 Å². The van der Waals surface area contributed by atoms with Crippen LogP contribution in [-0.4, -0.2) is 6.04 Å². The Labute approximate surface area is 97.5 Å². The maximum atomic E-state index is 6.00. The summed E-state index contributed by atoms with van der Waals surface area (Å²) in [6.07, 6.45) is 5.52. The van der Waals surface area contributed by atoms with Gasteiger partial charge in [-0.3, -0.25) is 0 Å². The molecule has 0 aliphatic heterocycles. The van der Waals surface area contributed by atoms with Crippen molar-refractivity contribution in [3.8, 4) is 0 Å². The molecule has 1 aliphatic carbocycles. The predicted octanol–water partition coefficient (Wildman–Crippen LogP) is 3.13. The second-order valence-corrected chi connectivity index (χ2v) is 4.70. The van der Waals surface area contributed by atoms with Crippen LogP contribution in [-0.2, 0) is 0 Å². The van der Waals surface area contributed by atoms with Crippen molar-refractivity contribution in [1.82, 2.24) is 0 Å². The van der Waals surface area contributed by atoms with Crippen LogP contribution >= 0.6 is 0 Å². The van der Waals surface area contributed by atoms with Crippen molar-refractivity contribution in [2.24, 2.45) is 11.7 Å². The minimum absolute atomic E-state index is 0.383. The molecule has 2 atom stereocenters. The van der Waals surface area contributed by atoms with Crippen LogP contribution in [0.4, 0.5) is 5.69 Å². The molecule has 0 bridgehead atoms. The van der Waals surface area contributed by atoms with Crippen LogP contribution < -0.4 is 11.1 Å². The number of hydrogen-bond acceptors (Lipinski definition) is 2. The summed E-state index contributed by atoms with van der Waals surface area (Å²) in [5, 5.41) is 3.35. The third-order valence-corrected chi connectivity index (χ3v) is 3.33. The highest BCUT2D eigenvalue weighted by atomic mass is 14.8. The number of rotatable bonds is 2. The molecule has 3 N–H and O–H groups in total. The van der Waals surface area contributed by atoms with E-state index >= 15 is 0 Å². The standard InChI is InChI=1S/C14H20N2/c1-11-9-12(7-8-14(11)15)10-16-13-5-3-2-4-6-13/h2-6,10-11,14,16H,7-9,15H2,1H3. The number of benzene rings is 1. The summed E-state index contributed by atoms with van der Waals surface area (Å²) >= 11 is 0. The smallest absolute Gasteiger partial charge is 0.0379 e. The van der Waals surface area contributed by atoms with Gasteiger partial charge in [-0.2, -0.15) is 0 Å². The molecular weight excluding hydrogens is 196 g/mol. The van der Waals surface area contributed by atoms with Gasteiger partial charge in [-0.05, 0) is 37.3 Å². The normalized spacial score (nSPS) is 28.0. The van der Waals surface area contributed by atoms with Gasteiger partial charge in [-0.15, -0.1) is 0 Å². The molecule has 1 fully saturated rings. The molecule has 2 unspecified atom stereocenters. The summed E-state index contributed by atoms with van der Waals surface area (Å²) in [5.74, 6) is 0.609. The Bertz CT molecular complexity index is 356. The summed E-state index contributed by atoms with van der Waals surface area (Å²) in [4.78, 5) is 0. The van der Waals surface area contributed by atoms with Gasteiger partial charge in [0.2, 0.25) is 0 Å². The van der Waals surface area contributed by atoms with Crippen LogP contribution in [0.1, 0.15) is 26.2 Å². The number of para-hydroxylation sites is 1. The zero-order chi connectivity index (χ0) is 11.4. The summed E-state index contributed by atoms with van der Waals surface area (Å²) < 4.78 is 0. The van der Waals surface area contributed by atoms with Crippen LogP contribution in [0.5, 0.6) is 0 Å². The first-order valence-corrected chi connectivity index (χ1v) is 6.01. The molecule has 0 aromatic heterocycles. The average Bonchev–Trinajstić information content (AvgIpc) is 2.32. The molecule has 1 saturated carbocycles. The van der Waals surface area contributed by atoms with Crippen molar-refractivity contribution in [2.75, 3.05) is 5.32 Å². The van der Waals surface area contributed by atoms with Gasteiger partial charge >= 0.3 is 0 Å². The van der Waals surface area contributed by atoms with Gasteiger partial charge in [0.1, 0.15) is 0 Å². The molecule has 2 rings (SSSR count). The highest BCUT2D eigenvalue weighted by Gasteiger charge is 2.20. The lowest BCUT2D eigenvalue weighted by molar-refractivity contribution is 0.384. The second kappa shape index (κ2) is 5.17. The molecular formula is C14H20N2. The molecule has 0 saturated heterocycles. The van der Waals surface area contributed by atoms with Gasteiger partial charge in [-0.1, -0.05) is 30.7 Å². The zero-order valence-electron chi connectivity index (χ0n) is 9.82.